The Bertz CT molecular complexity index is 863. The van der Waals surface area contributed by atoms with Gasteiger partial charge in [-0.3, -0.25) is 9.59 Å². The number of anilines is 1. The molecule has 0 aliphatic heterocycles. The summed E-state index contributed by atoms with van der Waals surface area (Å²) >= 11 is 0. The van der Waals surface area contributed by atoms with E-state index in [2.05, 4.69) is 20.5 Å². The van der Waals surface area contributed by atoms with Crippen LogP contribution in [-0.4, -0.2) is 31.4 Å². The first-order valence-corrected chi connectivity index (χ1v) is 9.28. The SMILES string of the molecule is CC(=O)Nc1ccc(S(=O)(=O)N[C@@H](C)C(=O)NC(C)c2ccon2)cc1. The molecular weight excluding hydrogens is 360 g/mol. The highest BCUT2D eigenvalue weighted by Gasteiger charge is 2.23. The van der Waals surface area contributed by atoms with Crippen LogP contribution in [-0.2, 0) is 19.6 Å². The molecule has 0 spiro atoms. The van der Waals surface area contributed by atoms with Gasteiger partial charge in [-0.05, 0) is 38.1 Å². The van der Waals surface area contributed by atoms with Gasteiger partial charge in [0.1, 0.15) is 12.0 Å². The van der Waals surface area contributed by atoms with Crippen molar-refractivity contribution in [2.45, 2.75) is 37.8 Å². The van der Waals surface area contributed by atoms with Gasteiger partial charge in [0, 0.05) is 18.7 Å². The van der Waals surface area contributed by atoms with E-state index in [4.69, 9.17) is 4.52 Å². The van der Waals surface area contributed by atoms with Gasteiger partial charge in [-0.15, -0.1) is 0 Å². The highest BCUT2D eigenvalue weighted by atomic mass is 32.2. The number of amides is 2. The Labute approximate surface area is 151 Å². The maximum atomic E-state index is 12.4. The Morgan fingerprint density at radius 2 is 1.77 bits per heavy atom. The molecule has 1 unspecified atom stereocenters. The van der Waals surface area contributed by atoms with E-state index in [9.17, 15) is 18.0 Å². The first-order chi connectivity index (χ1) is 12.2. The van der Waals surface area contributed by atoms with Crippen LogP contribution in [0.4, 0.5) is 5.69 Å². The van der Waals surface area contributed by atoms with Gasteiger partial charge in [0.25, 0.3) is 0 Å². The third-order valence-corrected chi connectivity index (χ3v) is 5.03. The van der Waals surface area contributed by atoms with Gasteiger partial charge in [-0.25, -0.2) is 8.42 Å². The number of nitrogens with zero attached hydrogens (tertiary/aromatic N) is 1. The van der Waals surface area contributed by atoms with Crippen LogP contribution in [0.3, 0.4) is 0 Å². The minimum absolute atomic E-state index is 0.0178. The molecule has 1 heterocycles. The Kier molecular flexibility index (Phi) is 6.11. The second-order valence-electron chi connectivity index (χ2n) is 5.70. The first-order valence-electron chi connectivity index (χ1n) is 7.79. The van der Waals surface area contributed by atoms with E-state index in [0.29, 0.717) is 11.4 Å². The fourth-order valence-electron chi connectivity index (χ4n) is 2.13. The molecule has 2 atom stereocenters. The molecule has 2 aromatic rings. The van der Waals surface area contributed by atoms with Gasteiger partial charge in [0.15, 0.2) is 0 Å². The Hall–Kier alpha value is -2.72. The number of nitrogens with one attached hydrogen (secondary N) is 3. The van der Waals surface area contributed by atoms with E-state index < -0.39 is 28.0 Å². The number of benzene rings is 1. The van der Waals surface area contributed by atoms with Crippen molar-refractivity contribution >= 4 is 27.5 Å². The van der Waals surface area contributed by atoms with Crippen molar-refractivity contribution in [3.8, 4) is 0 Å². The topological polar surface area (TPSA) is 130 Å². The van der Waals surface area contributed by atoms with Gasteiger partial charge < -0.3 is 15.2 Å². The summed E-state index contributed by atoms with van der Waals surface area (Å²) in [5.74, 6) is -0.760. The van der Waals surface area contributed by atoms with E-state index in [1.165, 1.54) is 44.4 Å². The highest BCUT2D eigenvalue weighted by molar-refractivity contribution is 7.89. The average Bonchev–Trinajstić information content (AvgIpc) is 3.08. The molecule has 0 radical (unpaired) electrons. The molecule has 26 heavy (non-hydrogen) atoms. The second-order valence-corrected chi connectivity index (χ2v) is 7.42. The average molecular weight is 380 g/mol. The van der Waals surface area contributed by atoms with E-state index in [1.807, 2.05) is 0 Å². The van der Waals surface area contributed by atoms with Crippen molar-refractivity contribution in [1.29, 1.82) is 0 Å². The molecule has 9 nitrogen and oxygen atoms in total. The molecule has 3 N–H and O–H groups in total. The van der Waals surface area contributed by atoms with Crippen LogP contribution in [0.25, 0.3) is 0 Å². The largest absolute Gasteiger partial charge is 0.364 e. The van der Waals surface area contributed by atoms with Crippen molar-refractivity contribution in [2.24, 2.45) is 0 Å². The summed E-state index contributed by atoms with van der Waals surface area (Å²) in [6, 6.07) is 5.80. The van der Waals surface area contributed by atoms with Crippen LogP contribution < -0.4 is 15.4 Å². The lowest BCUT2D eigenvalue weighted by atomic mass is 10.2. The third-order valence-electron chi connectivity index (χ3n) is 3.47. The molecule has 140 valence electrons. The van der Waals surface area contributed by atoms with Crippen LogP contribution >= 0.6 is 0 Å². The quantitative estimate of drug-likeness (QED) is 0.661. The molecule has 0 aliphatic rings. The smallest absolute Gasteiger partial charge is 0.241 e. The summed E-state index contributed by atoms with van der Waals surface area (Å²) in [6.45, 7) is 4.50. The zero-order valence-corrected chi connectivity index (χ0v) is 15.3. The lowest BCUT2D eigenvalue weighted by Gasteiger charge is -2.17. The number of sulfonamides is 1. The van der Waals surface area contributed by atoms with E-state index in [-0.39, 0.29) is 10.8 Å². The molecule has 2 rings (SSSR count). The molecule has 1 aromatic heterocycles. The number of carbonyl (C=O) groups is 2. The van der Waals surface area contributed by atoms with Crippen molar-refractivity contribution in [3.63, 3.8) is 0 Å². The van der Waals surface area contributed by atoms with Gasteiger partial charge >= 0.3 is 0 Å². The van der Waals surface area contributed by atoms with E-state index in [1.54, 1.807) is 13.0 Å². The standard InChI is InChI=1S/C16H20N4O5S/c1-10(15-8-9-25-19-15)17-16(22)11(2)20-26(23,24)14-6-4-13(5-7-14)18-12(3)21/h4-11,20H,1-3H3,(H,17,22)(H,18,21)/t10?,11-/m0/s1. The number of hydrogen-bond donors (Lipinski definition) is 3. The molecular formula is C16H20N4O5S. The normalized spacial score (nSPS) is 13.7. The molecule has 1 aromatic carbocycles. The Balaban J connectivity index is 2.00. The first kappa shape index (κ1) is 19.6. The predicted octanol–water partition coefficient (Wildman–Crippen LogP) is 1.18. The Morgan fingerprint density at radius 1 is 1.12 bits per heavy atom. The fourth-order valence-corrected chi connectivity index (χ4v) is 3.34. The van der Waals surface area contributed by atoms with Crippen molar-refractivity contribution < 1.29 is 22.5 Å². The number of hydrogen-bond acceptors (Lipinski definition) is 6. The summed E-state index contributed by atoms with van der Waals surface area (Å²) in [5.41, 5.74) is 1.01. The second kappa shape index (κ2) is 8.11. The minimum atomic E-state index is -3.90. The summed E-state index contributed by atoms with van der Waals surface area (Å²) < 4.78 is 31.8. The lowest BCUT2D eigenvalue weighted by molar-refractivity contribution is -0.123. The van der Waals surface area contributed by atoms with Crippen molar-refractivity contribution in [1.82, 2.24) is 15.2 Å². The van der Waals surface area contributed by atoms with Crippen LogP contribution in [0, 0.1) is 0 Å². The summed E-state index contributed by atoms with van der Waals surface area (Å²) in [5, 5.41) is 8.92. The number of aromatic nitrogens is 1. The predicted molar refractivity (Wildman–Crippen MR) is 93.6 cm³/mol. The number of carbonyl (C=O) groups excluding carboxylic acids is 2. The lowest BCUT2D eigenvalue weighted by Crippen LogP contribution is -2.45. The molecule has 0 fully saturated rings. The summed E-state index contributed by atoms with van der Waals surface area (Å²) in [6.07, 6.45) is 1.38. The molecule has 0 saturated heterocycles. The monoisotopic (exact) mass is 380 g/mol. The van der Waals surface area contributed by atoms with Crippen LogP contribution in [0.15, 0.2) is 46.0 Å². The van der Waals surface area contributed by atoms with Crippen molar-refractivity contribution in [3.05, 3.63) is 42.3 Å². The maximum absolute atomic E-state index is 12.4. The molecule has 0 aliphatic carbocycles. The molecule has 0 bridgehead atoms. The third kappa shape index (κ3) is 5.14. The van der Waals surface area contributed by atoms with Crippen LogP contribution in [0.5, 0.6) is 0 Å². The Morgan fingerprint density at radius 3 is 2.31 bits per heavy atom. The maximum Gasteiger partial charge on any atom is 0.241 e. The zero-order valence-electron chi connectivity index (χ0n) is 14.5. The molecule has 10 heteroatoms. The summed E-state index contributed by atoms with van der Waals surface area (Å²) in [7, 11) is -3.90. The number of rotatable bonds is 7. The van der Waals surface area contributed by atoms with Gasteiger partial charge in [-0.1, -0.05) is 5.16 Å². The van der Waals surface area contributed by atoms with Crippen LogP contribution in [0.2, 0.25) is 0 Å². The van der Waals surface area contributed by atoms with Gasteiger partial charge in [0.2, 0.25) is 21.8 Å². The van der Waals surface area contributed by atoms with Crippen molar-refractivity contribution in [2.75, 3.05) is 5.32 Å². The van der Waals surface area contributed by atoms with Crippen LogP contribution in [0.1, 0.15) is 32.5 Å². The van der Waals surface area contributed by atoms with Gasteiger partial charge in [-0.2, -0.15) is 4.72 Å². The minimum Gasteiger partial charge on any atom is -0.364 e. The van der Waals surface area contributed by atoms with E-state index >= 15 is 0 Å². The molecule has 0 saturated carbocycles. The van der Waals surface area contributed by atoms with E-state index in [0.717, 1.165) is 0 Å². The zero-order chi connectivity index (χ0) is 19.3. The molecule has 2 amide bonds. The fraction of sp³-hybridized carbons (Fsp3) is 0.312. The highest BCUT2D eigenvalue weighted by Crippen LogP contribution is 2.15. The van der Waals surface area contributed by atoms with Gasteiger partial charge in [0.05, 0.1) is 17.0 Å². The summed E-state index contributed by atoms with van der Waals surface area (Å²) in [4.78, 5) is 23.2.